The lowest BCUT2D eigenvalue weighted by molar-refractivity contribution is 0.181. The molecule has 0 heterocycles. The predicted octanol–water partition coefficient (Wildman–Crippen LogP) is 2.00. The average Bonchev–Trinajstić information content (AvgIpc) is 2.14. The molecular weight excluding hydrogens is 218 g/mol. The number of benzene rings is 1. The molecule has 1 rings (SSSR count). The van der Waals surface area contributed by atoms with E-state index in [9.17, 15) is 4.79 Å². The van der Waals surface area contributed by atoms with Crippen LogP contribution in [0.2, 0.25) is 5.02 Å². The molecule has 0 aromatic heterocycles. The highest BCUT2D eigenvalue weighted by atomic mass is 35.5. The van der Waals surface area contributed by atoms with Crippen LogP contribution in [0.3, 0.4) is 0 Å². The summed E-state index contributed by atoms with van der Waals surface area (Å²) in [6, 6.07) is 3.40. The van der Waals surface area contributed by atoms with E-state index in [1.165, 1.54) is 0 Å². The van der Waals surface area contributed by atoms with Crippen molar-refractivity contribution in [2.75, 3.05) is 6.73 Å². The molecule has 1 aromatic carbocycles. The Bertz CT molecular complexity index is 379. The summed E-state index contributed by atoms with van der Waals surface area (Å²) in [6.07, 6.45) is -0.734. The van der Waals surface area contributed by atoms with Gasteiger partial charge in [-0.15, -0.1) is 0 Å². The van der Waals surface area contributed by atoms with Crippen molar-refractivity contribution in [3.05, 3.63) is 28.3 Å². The number of aliphatic hydroxyl groups is 1. The minimum Gasteiger partial charge on any atom is -0.409 e. The first-order valence-electron chi connectivity index (χ1n) is 4.38. The molecule has 0 aliphatic rings. The summed E-state index contributed by atoms with van der Waals surface area (Å²) < 4.78 is 4.88. The Morgan fingerprint density at radius 2 is 2.07 bits per heavy atom. The Morgan fingerprint density at radius 1 is 1.47 bits per heavy atom. The first-order chi connectivity index (χ1) is 7.04. The third-order valence-corrected chi connectivity index (χ3v) is 2.27. The highest BCUT2D eigenvalue weighted by Gasteiger charge is 2.08. The van der Waals surface area contributed by atoms with Crippen molar-refractivity contribution in [2.45, 2.75) is 13.8 Å². The Morgan fingerprint density at radius 3 is 2.67 bits per heavy atom. The molecule has 0 aliphatic heterocycles. The van der Waals surface area contributed by atoms with Crippen molar-refractivity contribution in [1.82, 2.24) is 5.32 Å². The quantitative estimate of drug-likeness (QED) is 0.763. The lowest BCUT2D eigenvalue weighted by atomic mass is 10.1. The van der Waals surface area contributed by atoms with E-state index in [0.717, 1.165) is 11.1 Å². The Hall–Kier alpha value is -1.26. The smallest absolute Gasteiger partial charge is 0.409 e. The van der Waals surface area contributed by atoms with Gasteiger partial charge in [0.05, 0.1) is 5.02 Å². The number of hydrogen-bond acceptors (Lipinski definition) is 3. The van der Waals surface area contributed by atoms with E-state index in [0.29, 0.717) is 5.02 Å². The van der Waals surface area contributed by atoms with Gasteiger partial charge in [0, 0.05) is 0 Å². The van der Waals surface area contributed by atoms with Crippen molar-refractivity contribution in [2.24, 2.45) is 0 Å². The van der Waals surface area contributed by atoms with E-state index in [1.54, 1.807) is 12.1 Å². The van der Waals surface area contributed by atoms with Crippen LogP contribution in [0.15, 0.2) is 12.1 Å². The van der Waals surface area contributed by atoms with Gasteiger partial charge < -0.3 is 9.84 Å². The van der Waals surface area contributed by atoms with E-state index in [1.807, 2.05) is 13.8 Å². The zero-order valence-corrected chi connectivity index (χ0v) is 9.26. The molecule has 0 spiro atoms. The average molecular weight is 230 g/mol. The van der Waals surface area contributed by atoms with Crippen molar-refractivity contribution < 1.29 is 14.6 Å². The summed E-state index contributed by atoms with van der Waals surface area (Å²) in [5.41, 5.74) is 2.00. The van der Waals surface area contributed by atoms with Crippen LogP contribution in [0, 0.1) is 13.8 Å². The molecule has 0 saturated heterocycles. The standard InChI is InChI=1S/C10H12ClNO3/c1-6-3-8(11)9(4-7(6)2)15-10(14)12-5-13/h3-4,13H,5H2,1-2H3,(H,12,14). The number of nitrogens with one attached hydrogen (secondary N) is 1. The highest BCUT2D eigenvalue weighted by molar-refractivity contribution is 6.32. The van der Waals surface area contributed by atoms with Gasteiger partial charge in [-0.1, -0.05) is 11.6 Å². The Balaban J connectivity index is 2.86. The van der Waals surface area contributed by atoms with Crippen LogP contribution in [0.25, 0.3) is 0 Å². The molecule has 0 unspecified atom stereocenters. The lowest BCUT2D eigenvalue weighted by Gasteiger charge is -2.08. The monoisotopic (exact) mass is 229 g/mol. The minimum absolute atomic E-state index is 0.283. The number of aliphatic hydroxyl groups excluding tert-OH is 1. The van der Waals surface area contributed by atoms with Gasteiger partial charge in [0.2, 0.25) is 0 Å². The molecule has 0 atom stereocenters. The summed E-state index contributed by atoms with van der Waals surface area (Å²) in [6.45, 7) is 3.34. The third-order valence-electron chi connectivity index (χ3n) is 1.97. The fraction of sp³-hybridized carbons (Fsp3) is 0.300. The maximum Gasteiger partial charge on any atom is 0.414 e. The van der Waals surface area contributed by atoms with Crippen LogP contribution in [-0.2, 0) is 0 Å². The van der Waals surface area contributed by atoms with Crippen LogP contribution in [0.4, 0.5) is 4.79 Å². The number of amides is 1. The van der Waals surface area contributed by atoms with Crippen molar-refractivity contribution in [3.8, 4) is 5.75 Å². The van der Waals surface area contributed by atoms with E-state index in [-0.39, 0.29) is 5.75 Å². The lowest BCUT2D eigenvalue weighted by Crippen LogP contribution is -2.27. The zero-order valence-electron chi connectivity index (χ0n) is 8.50. The molecule has 5 heteroatoms. The van der Waals surface area contributed by atoms with E-state index in [2.05, 4.69) is 5.32 Å². The van der Waals surface area contributed by atoms with Gasteiger partial charge in [0.15, 0.2) is 5.75 Å². The molecule has 1 amide bonds. The topological polar surface area (TPSA) is 58.6 Å². The first kappa shape index (κ1) is 11.8. The number of aryl methyl sites for hydroxylation is 2. The second-order valence-corrected chi connectivity index (χ2v) is 3.50. The zero-order chi connectivity index (χ0) is 11.4. The van der Waals surface area contributed by atoms with E-state index >= 15 is 0 Å². The largest absolute Gasteiger partial charge is 0.414 e. The third kappa shape index (κ3) is 3.11. The molecule has 0 saturated carbocycles. The molecule has 0 fully saturated rings. The van der Waals surface area contributed by atoms with Gasteiger partial charge >= 0.3 is 6.09 Å². The van der Waals surface area contributed by atoms with Crippen LogP contribution < -0.4 is 10.1 Å². The molecule has 0 aliphatic carbocycles. The van der Waals surface area contributed by atoms with Gasteiger partial charge in [-0.05, 0) is 37.1 Å². The summed E-state index contributed by atoms with van der Waals surface area (Å²) in [4.78, 5) is 11.0. The van der Waals surface area contributed by atoms with Gasteiger partial charge in [0.25, 0.3) is 0 Å². The van der Waals surface area contributed by atoms with Gasteiger partial charge in [0.1, 0.15) is 6.73 Å². The first-order valence-corrected chi connectivity index (χ1v) is 4.75. The maximum absolute atomic E-state index is 11.0. The minimum atomic E-state index is -0.734. The predicted molar refractivity (Wildman–Crippen MR) is 57.2 cm³/mol. The van der Waals surface area contributed by atoms with Crippen molar-refractivity contribution in [3.63, 3.8) is 0 Å². The molecule has 1 aromatic rings. The summed E-state index contributed by atoms with van der Waals surface area (Å²) >= 11 is 5.88. The van der Waals surface area contributed by atoms with Gasteiger partial charge in [-0.3, -0.25) is 5.32 Å². The molecule has 82 valence electrons. The van der Waals surface area contributed by atoms with Crippen LogP contribution >= 0.6 is 11.6 Å². The van der Waals surface area contributed by atoms with Gasteiger partial charge in [-0.2, -0.15) is 0 Å². The van der Waals surface area contributed by atoms with Crippen molar-refractivity contribution in [1.29, 1.82) is 0 Å². The second kappa shape index (κ2) is 5.00. The summed E-state index contributed by atoms with van der Waals surface area (Å²) in [5.74, 6) is 0.283. The van der Waals surface area contributed by atoms with Crippen LogP contribution in [0.5, 0.6) is 5.75 Å². The number of ether oxygens (including phenoxy) is 1. The number of hydrogen-bond donors (Lipinski definition) is 2. The fourth-order valence-corrected chi connectivity index (χ4v) is 1.29. The molecule has 0 bridgehead atoms. The van der Waals surface area contributed by atoms with E-state index < -0.39 is 12.8 Å². The second-order valence-electron chi connectivity index (χ2n) is 3.09. The molecule has 0 radical (unpaired) electrons. The number of carbonyl (C=O) groups excluding carboxylic acids is 1. The Kier molecular flexibility index (Phi) is 3.94. The highest BCUT2D eigenvalue weighted by Crippen LogP contribution is 2.27. The number of carbonyl (C=O) groups is 1. The number of halogens is 1. The van der Waals surface area contributed by atoms with Crippen LogP contribution in [-0.4, -0.2) is 17.9 Å². The molecular formula is C10H12ClNO3. The van der Waals surface area contributed by atoms with Crippen molar-refractivity contribution >= 4 is 17.7 Å². The summed E-state index contributed by atoms with van der Waals surface area (Å²) in [7, 11) is 0. The molecule has 2 N–H and O–H groups in total. The van der Waals surface area contributed by atoms with E-state index in [4.69, 9.17) is 21.4 Å². The maximum atomic E-state index is 11.0. The van der Waals surface area contributed by atoms with Gasteiger partial charge in [-0.25, -0.2) is 4.79 Å². The Labute approximate surface area is 92.8 Å². The normalized spacial score (nSPS) is 9.87. The fourth-order valence-electron chi connectivity index (χ4n) is 1.03. The molecule has 15 heavy (non-hydrogen) atoms. The summed E-state index contributed by atoms with van der Waals surface area (Å²) in [5, 5.41) is 10.9. The number of rotatable bonds is 2. The SMILES string of the molecule is Cc1cc(Cl)c(OC(=O)NCO)cc1C. The molecule has 4 nitrogen and oxygen atoms in total. The van der Waals surface area contributed by atoms with Crippen LogP contribution in [0.1, 0.15) is 11.1 Å².